The number of carboxylic acids is 1. The topological polar surface area (TPSA) is 108 Å². The fourth-order valence-electron chi connectivity index (χ4n) is 2.80. The Labute approximate surface area is 154 Å². The van der Waals surface area contributed by atoms with Crippen LogP contribution in [-0.2, 0) is 16.4 Å². The van der Waals surface area contributed by atoms with Gasteiger partial charge in [0.15, 0.2) is 0 Å². The minimum Gasteiger partial charge on any atom is -0.478 e. The third kappa shape index (κ3) is 3.39. The summed E-state index contributed by atoms with van der Waals surface area (Å²) < 4.78 is 31.9. The van der Waals surface area contributed by atoms with Crippen molar-refractivity contribution in [3.63, 3.8) is 0 Å². The molecule has 8 nitrogen and oxygen atoms in total. The van der Waals surface area contributed by atoms with Gasteiger partial charge in [-0.05, 0) is 12.1 Å². The van der Waals surface area contributed by atoms with Gasteiger partial charge in [-0.25, -0.2) is 13.2 Å². The quantitative estimate of drug-likeness (QED) is 0.822. The van der Waals surface area contributed by atoms with Crippen molar-refractivity contribution in [3.05, 3.63) is 40.7 Å². The molecule has 1 N–H and O–H groups in total. The Hall–Kier alpha value is -2.17. The maximum Gasteiger partial charge on any atom is 0.336 e. The molecule has 2 aromatic rings. The number of carboxylic acid groups (broad SMARTS) is 1. The van der Waals surface area contributed by atoms with E-state index in [1.54, 1.807) is 11.0 Å². The summed E-state index contributed by atoms with van der Waals surface area (Å²) in [5, 5.41) is 10.3. The number of hydrogen-bond donors (Lipinski definition) is 1. The Morgan fingerprint density at radius 3 is 2.54 bits per heavy atom. The summed E-state index contributed by atoms with van der Waals surface area (Å²) in [5.74, 6) is -0.716. The lowest BCUT2D eigenvalue weighted by atomic mass is 10.2. The number of nitrogens with zero attached hydrogens (tertiary/aromatic N) is 2. The van der Waals surface area contributed by atoms with Crippen LogP contribution in [0.2, 0.25) is 0 Å². The molecule has 10 heteroatoms. The third-order valence-electron chi connectivity index (χ3n) is 4.24. The average molecular weight is 398 g/mol. The van der Waals surface area contributed by atoms with Crippen LogP contribution in [0.1, 0.15) is 33.4 Å². The molecule has 1 saturated heterocycles. The van der Waals surface area contributed by atoms with Gasteiger partial charge in [0, 0.05) is 38.0 Å². The van der Waals surface area contributed by atoms with Gasteiger partial charge in [-0.1, -0.05) is 6.92 Å². The smallest absolute Gasteiger partial charge is 0.336 e. The summed E-state index contributed by atoms with van der Waals surface area (Å²) in [5.41, 5.74) is 0.461. The first-order valence-corrected chi connectivity index (χ1v) is 10.3. The Morgan fingerprint density at radius 2 is 1.96 bits per heavy atom. The SMILES string of the molecule is CCc1occc1C(=O)N1CCN(S(=O)(=O)c2cc(C(=O)O)cs2)CC1. The van der Waals surface area contributed by atoms with Crippen LogP contribution in [0.25, 0.3) is 0 Å². The summed E-state index contributed by atoms with van der Waals surface area (Å²) in [6, 6.07) is 2.79. The predicted octanol–water partition coefficient (Wildman–Crippen LogP) is 1.75. The molecule has 1 amide bonds. The van der Waals surface area contributed by atoms with Gasteiger partial charge >= 0.3 is 5.97 Å². The Balaban J connectivity index is 1.69. The number of carbonyl (C=O) groups excluding carboxylic acids is 1. The third-order valence-corrected chi connectivity index (χ3v) is 7.55. The molecule has 0 aromatic carbocycles. The Morgan fingerprint density at radius 1 is 1.27 bits per heavy atom. The van der Waals surface area contributed by atoms with Gasteiger partial charge in [0.1, 0.15) is 9.97 Å². The van der Waals surface area contributed by atoms with Crippen molar-refractivity contribution in [2.24, 2.45) is 0 Å². The highest BCUT2D eigenvalue weighted by Crippen LogP contribution is 2.25. The van der Waals surface area contributed by atoms with E-state index in [9.17, 15) is 18.0 Å². The first-order valence-electron chi connectivity index (χ1n) is 8.02. The summed E-state index contributed by atoms with van der Waals surface area (Å²) in [6.45, 7) is 2.75. The number of furan rings is 1. The van der Waals surface area contributed by atoms with Crippen molar-refractivity contribution < 1.29 is 27.5 Å². The van der Waals surface area contributed by atoms with Crippen molar-refractivity contribution in [2.75, 3.05) is 26.2 Å². The van der Waals surface area contributed by atoms with Crippen LogP contribution in [0.15, 0.2) is 32.4 Å². The maximum atomic E-state index is 12.7. The van der Waals surface area contributed by atoms with Crippen molar-refractivity contribution in [1.82, 2.24) is 9.21 Å². The zero-order chi connectivity index (χ0) is 18.9. The van der Waals surface area contributed by atoms with Crippen molar-refractivity contribution >= 4 is 33.2 Å². The van der Waals surface area contributed by atoms with Crippen molar-refractivity contribution in [1.29, 1.82) is 0 Å². The second-order valence-corrected chi connectivity index (χ2v) is 8.84. The molecule has 0 saturated carbocycles. The van der Waals surface area contributed by atoms with Gasteiger partial charge in [-0.3, -0.25) is 4.79 Å². The van der Waals surface area contributed by atoms with Crippen LogP contribution in [0.4, 0.5) is 0 Å². The van der Waals surface area contributed by atoms with E-state index in [1.165, 1.54) is 22.0 Å². The molecule has 1 aliphatic rings. The number of amides is 1. The number of sulfonamides is 1. The number of carbonyl (C=O) groups is 2. The highest BCUT2D eigenvalue weighted by molar-refractivity contribution is 7.91. The van der Waals surface area contributed by atoms with E-state index in [0.29, 0.717) is 17.7 Å². The van der Waals surface area contributed by atoms with Gasteiger partial charge in [0.2, 0.25) is 0 Å². The fraction of sp³-hybridized carbons (Fsp3) is 0.375. The molecular formula is C16H18N2O6S2. The minimum absolute atomic E-state index is 0.00206. The number of aryl methyl sites for hydroxylation is 1. The van der Waals surface area contributed by atoms with Crippen molar-refractivity contribution in [2.45, 2.75) is 17.6 Å². The number of piperazine rings is 1. The zero-order valence-corrected chi connectivity index (χ0v) is 15.7. The first kappa shape index (κ1) is 18.6. The highest BCUT2D eigenvalue weighted by atomic mass is 32.2. The maximum absolute atomic E-state index is 12.7. The molecule has 0 spiro atoms. The van der Waals surface area contributed by atoms with E-state index in [4.69, 9.17) is 9.52 Å². The number of hydrogen-bond acceptors (Lipinski definition) is 6. The minimum atomic E-state index is -3.76. The second kappa shape index (κ2) is 7.22. The Kier molecular flexibility index (Phi) is 5.17. The molecule has 0 atom stereocenters. The van der Waals surface area contributed by atoms with Crippen LogP contribution in [0, 0.1) is 0 Å². The first-order chi connectivity index (χ1) is 12.3. The number of thiophene rings is 1. The van der Waals surface area contributed by atoms with Crippen LogP contribution in [-0.4, -0.2) is 60.8 Å². The number of aromatic carboxylic acids is 1. The fourth-order valence-corrected chi connectivity index (χ4v) is 5.53. The lowest BCUT2D eigenvalue weighted by molar-refractivity contribution is 0.0687. The van der Waals surface area contributed by atoms with Gasteiger partial charge in [0.25, 0.3) is 15.9 Å². The molecule has 0 radical (unpaired) electrons. The molecule has 0 bridgehead atoms. The van der Waals surface area contributed by atoms with E-state index < -0.39 is 16.0 Å². The van der Waals surface area contributed by atoms with Crippen LogP contribution in [0.5, 0.6) is 0 Å². The summed E-state index contributed by atoms with van der Waals surface area (Å²) in [7, 11) is -3.76. The average Bonchev–Trinajstić information content (AvgIpc) is 3.30. The van der Waals surface area contributed by atoms with Gasteiger partial charge in [-0.15, -0.1) is 11.3 Å². The molecule has 0 unspecified atom stereocenters. The molecular weight excluding hydrogens is 380 g/mol. The molecule has 0 aliphatic carbocycles. The summed E-state index contributed by atoms with van der Waals surface area (Å²) in [4.78, 5) is 25.1. The van der Waals surface area contributed by atoms with Gasteiger partial charge in [0.05, 0.1) is 17.4 Å². The van der Waals surface area contributed by atoms with E-state index in [0.717, 1.165) is 11.3 Å². The summed E-state index contributed by atoms with van der Waals surface area (Å²) in [6.07, 6.45) is 2.08. The van der Waals surface area contributed by atoms with Crippen LogP contribution >= 0.6 is 11.3 Å². The standard InChI is InChI=1S/C16H18N2O6S2/c1-2-13-12(3-8-24-13)15(19)17-4-6-18(7-5-17)26(22,23)14-9-11(10-25-14)16(20)21/h3,8-10H,2,4-7H2,1H3,(H,20,21). The molecule has 140 valence electrons. The van der Waals surface area contributed by atoms with E-state index >= 15 is 0 Å². The number of rotatable bonds is 5. The van der Waals surface area contributed by atoms with E-state index in [-0.39, 0.29) is 41.9 Å². The second-order valence-electron chi connectivity index (χ2n) is 5.77. The van der Waals surface area contributed by atoms with E-state index in [1.807, 2.05) is 6.92 Å². The van der Waals surface area contributed by atoms with Gasteiger partial charge in [-0.2, -0.15) is 4.31 Å². The Bertz CT molecular complexity index is 922. The summed E-state index contributed by atoms with van der Waals surface area (Å²) >= 11 is 0.885. The predicted molar refractivity (Wildman–Crippen MR) is 94.0 cm³/mol. The molecule has 26 heavy (non-hydrogen) atoms. The lowest BCUT2D eigenvalue weighted by Crippen LogP contribution is -2.50. The lowest BCUT2D eigenvalue weighted by Gasteiger charge is -2.33. The highest BCUT2D eigenvalue weighted by Gasteiger charge is 2.32. The monoisotopic (exact) mass is 398 g/mol. The largest absolute Gasteiger partial charge is 0.478 e. The van der Waals surface area contributed by atoms with Gasteiger partial charge < -0.3 is 14.4 Å². The normalized spacial score (nSPS) is 16.0. The van der Waals surface area contributed by atoms with E-state index in [2.05, 4.69) is 0 Å². The zero-order valence-electron chi connectivity index (χ0n) is 14.0. The van der Waals surface area contributed by atoms with Crippen molar-refractivity contribution in [3.8, 4) is 0 Å². The van der Waals surface area contributed by atoms with Crippen LogP contribution < -0.4 is 0 Å². The molecule has 1 aliphatic heterocycles. The molecule has 3 rings (SSSR count). The molecule has 1 fully saturated rings. The van der Waals surface area contributed by atoms with Crippen LogP contribution in [0.3, 0.4) is 0 Å². The molecule has 2 aromatic heterocycles. The molecule has 3 heterocycles.